The van der Waals surface area contributed by atoms with Gasteiger partial charge in [0.15, 0.2) is 18.9 Å². The van der Waals surface area contributed by atoms with Crippen molar-refractivity contribution in [3.8, 4) is 0 Å². The van der Waals surface area contributed by atoms with Gasteiger partial charge in [-0.1, -0.05) is 13.8 Å². The average Bonchev–Trinajstić information content (AvgIpc) is 3.67. The van der Waals surface area contributed by atoms with Gasteiger partial charge in [-0.2, -0.15) is 0 Å². The van der Waals surface area contributed by atoms with Gasteiger partial charge in [0, 0.05) is 30.8 Å². The zero-order valence-corrected chi connectivity index (χ0v) is 32.9. The molecule has 6 N–H and O–H groups in total. The number of esters is 1. The standard InChI is InChI=1S/C41H64O14/c1-19-36(47)28(42)15-34(50-19)54-38-21(3)52-35(17-30(38)44)55-37-20(2)51-33(16-29(37)43)53-24-8-10-39(4)23(13-24)6-7-26-27(39)14-31(45)40(5)25(9-11-41(26,40)48)22-12-32(46)49-18-22/h12,19-21,23-31,33-38,42-45,47-48H,6-11,13-18H2,1-5H3/t19?,20?,21?,23-,24?,25-,26-,27+,28?,29?,30?,31?,33+,34+,35+,36?,37+,38+,39?,40+,41+/m1/s1. The fourth-order valence-electron chi connectivity index (χ4n) is 12.8. The maximum Gasteiger partial charge on any atom is 0.331 e. The number of fused-ring (bicyclic) bond motifs is 5. The summed E-state index contributed by atoms with van der Waals surface area (Å²) in [6.07, 6.45) is -1.51. The van der Waals surface area contributed by atoms with Crippen LogP contribution in [0.2, 0.25) is 0 Å². The van der Waals surface area contributed by atoms with E-state index in [0.29, 0.717) is 18.8 Å². The molecule has 4 aliphatic heterocycles. The van der Waals surface area contributed by atoms with Crippen molar-refractivity contribution >= 4 is 5.97 Å². The van der Waals surface area contributed by atoms with E-state index in [1.807, 2.05) is 13.8 Å². The van der Waals surface area contributed by atoms with E-state index in [4.69, 9.17) is 33.2 Å². The minimum atomic E-state index is -1.01. The van der Waals surface area contributed by atoms with Crippen LogP contribution in [0.25, 0.3) is 0 Å². The first-order valence-corrected chi connectivity index (χ1v) is 20.9. The van der Waals surface area contributed by atoms with E-state index in [0.717, 1.165) is 44.1 Å². The summed E-state index contributed by atoms with van der Waals surface area (Å²) < 4.78 is 42.1. The normalized spacial score (nSPS) is 55.5. The lowest BCUT2D eigenvalue weighted by molar-refractivity contribution is -0.336. The molecule has 0 aromatic rings. The predicted molar refractivity (Wildman–Crippen MR) is 193 cm³/mol. The first-order chi connectivity index (χ1) is 26.0. The summed E-state index contributed by atoms with van der Waals surface area (Å²) in [6, 6.07) is 0. The third-order valence-electron chi connectivity index (χ3n) is 16.0. The van der Waals surface area contributed by atoms with E-state index in [1.165, 1.54) is 0 Å². The van der Waals surface area contributed by atoms with Crippen molar-refractivity contribution in [3.05, 3.63) is 11.6 Å². The van der Waals surface area contributed by atoms with Gasteiger partial charge in [-0.25, -0.2) is 4.79 Å². The number of hydrogen-bond donors (Lipinski definition) is 6. The highest BCUT2D eigenvalue weighted by molar-refractivity contribution is 5.85. The Morgan fingerprint density at radius 1 is 0.691 bits per heavy atom. The highest BCUT2D eigenvalue weighted by Crippen LogP contribution is 2.70. The van der Waals surface area contributed by atoms with Gasteiger partial charge in [0.1, 0.15) is 24.9 Å². The fourth-order valence-corrected chi connectivity index (χ4v) is 12.8. The lowest BCUT2D eigenvalue weighted by Crippen LogP contribution is -2.67. The zero-order chi connectivity index (χ0) is 39.2. The molecule has 8 rings (SSSR count). The molecule has 8 aliphatic rings. The fraction of sp³-hybridized carbons (Fsp3) is 0.927. The molecular formula is C41H64O14. The van der Waals surface area contributed by atoms with Crippen LogP contribution in [0.15, 0.2) is 11.6 Å². The van der Waals surface area contributed by atoms with Crippen molar-refractivity contribution in [1.29, 1.82) is 0 Å². The molecule has 0 spiro atoms. The molecule has 0 amide bonds. The SMILES string of the molecule is CC1O[C@@H](O[C@@H]2C(O)C[C@H](O[C@@H]3C(O)C[C@H](OC4CCC5(C)[C@H](CC[C@@H]6[C@@H]5CC(O)[C@]5(C)[C@@H](C7=CC(=O)OC7)CC[C@]65O)C4)OC3C)OC2C)CC(O)C1O. The molecule has 4 saturated carbocycles. The molecule has 0 bridgehead atoms. The molecule has 0 aromatic carbocycles. The van der Waals surface area contributed by atoms with Crippen LogP contribution in [-0.2, 0) is 38.0 Å². The van der Waals surface area contributed by atoms with Gasteiger partial charge in [0.2, 0.25) is 0 Å². The minimum absolute atomic E-state index is 0.0452. The van der Waals surface area contributed by atoms with Crippen LogP contribution >= 0.6 is 0 Å². The first kappa shape index (κ1) is 40.5. The molecule has 7 fully saturated rings. The molecule has 14 heteroatoms. The Bertz CT molecular complexity index is 1410. The molecule has 21 atom stereocenters. The molecule has 14 nitrogen and oxygen atoms in total. The van der Waals surface area contributed by atoms with Crippen LogP contribution < -0.4 is 0 Å². The van der Waals surface area contributed by atoms with Gasteiger partial charge in [-0.3, -0.25) is 0 Å². The molecule has 0 aromatic heterocycles. The molecule has 4 heterocycles. The van der Waals surface area contributed by atoms with Crippen molar-refractivity contribution in [2.75, 3.05) is 6.61 Å². The lowest BCUT2D eigenvalue weighted by atomic mass is 9.42. The summed E-state index contributed by atoms with van der Waals surface area (Å²) in [5.41, 5.74) is -0.892. The largest absolute Gasteiger partial charge is 0.458 e. The maximum absolute atomic E-state index is 12.6. The average molecular weight is 781 g/mol. The Balaban J connectivity index is 0.837. The second-order valence-corrected chi connectivity index (χ2v) is 18.8. The number of carbonyl (C=O) groups excluding carboxylic acids is 1. The summed E-state index contributed by atoms with van der Waals surface area (Å²) in [7, 11) is 0. The molecule has 3 saturated heterocycles. The van der Waals surface area contributed by atoms with Crippen molar-refractivity contribution in [2.24, 2.45) is 34.5 Å². The van der Waals surface area contributed by atoms with Gasteiger partial charge < -0.3 is 63.8 Å². The number of cyclic esters (lactones) is 1. The summed E-state index contributed by atoms with van der Waals surface area (Å²) in [5, 5.41) is 66.9. The minimum Gasteiger partial charge on any atom is -0.458 e. The topological polar surface area (TPSA) is 203 Å². The monoisotopic (exact) mass is 780 g/mol. The molecular weight excluding hydrogens is 716 g/mol. The molecule has 4 aliphatic carbocycles. The Hall–Kier alpha value is -1.27. The highest BCUT2D eigenvalue weighted by Gasteiger charge is 2.71. The second kappa shape index (κ2) is 15.1. The van der Waals surface area contributed by atoms with Crippen LogP contribution in [0, 0.1) is 34.5 Å². The van der Waals surface area contributed by atoms with Crippen LogP contribution in [-0.4, -0.2) is 135 Å². The van der Waals surface area contributed by atoms with E-state index < -0.39 is 90.9 Å². The Morgan fingerprint density at radius 3 is 1.87 bits per heavy atom. The van der Waals surface area contributed by atoms with Crippen LogP contribution in [0.5, 0.6) is 0 Å². The van der Waals surface area contributed by atoms with Crippen molar-refractivity contribution in [1.82, 2.24) is 0 Å². The van der Waals surface area contributed by atoms with E-state index in [1.54, 1.807) is 19.9 Å². The van der Waals surface area contributed by atoms with Gasteiger partial charge in [-0.15, -0.1) is 0 Å². The quantitative estimate of drug-likeness (QED) is 0.162. The van der Waals surface area contributed by atoms with Gasteiger partial charge >= 0.3 is 5.97 Å². The maximum atomic E-state index is 12.6. The third kappa shape index (κ3) is 6.95. The number of ether oxygens (including phenoxy) is 7. The first-order valence-electron chi connectivity index (χ1n) is 20.9. The second-order valence-electron chi connectivity index (χ2n) is 18.8. The van der Waals surface area contributed by atoms with Crippen molar-refractivity contribution in [2.45, 2.75) is 197 Å². The summed E-state index contributed by atoms with van der Waals surface area (Å²) in [4.78, 5) is 11.9. The summed E-state index contributed by atoms with van der Waals surface area (Å²) in [5.74, 6) is 0.204. The Kier molecular flexibility index (Phi) is 11.1. The number of aliphatic hydroxyl groups is 6. The number of hydrogen-bond acceptors (Lipinski definition) is 14. The number of carbonyl (C=O) groups is 1. The molecule has 55 heavy (non-hydrogen) atoms. The van der Waals surface area contributed by atoms with E-state index >= 15 is 0 Å². The summed E-state index contributed by atoms with van der Waals surface area (Å²) >= 11 is 0. The number of rotatable bonds is 7. The highest BCUT2D eigenvalue weighted by atomic mass is 16.7. The van der Waals surface area contributed by atoms with Crippen LogP contribution in [0.1, 0.15) is 105 Å². The number of aliphatic hydroxyl groups excluding tert-OH is 5. The smallest absolute Gasteiger partial charge is 0.331 e. The van der Waals surface area contributed by atoms with Gasteiger partial charge in [0.25, 0.3) is 0 Å². The molecule has 312 valence electrons. The van der Waals surface area contributed by atoms with Crippen molar-refractivity contribution < 1.29 is 68.6 Å². The van der Waals surface area contributed by atoms with Gasteiger partial charge in [0.05, 0.1) is 54.4 Å². The van der Waals surface area contributed by atoms with Gasteiger partial charge in [-0.05, 0) is 107 Å². The van der Waals surface area contributed by atoms with E-state index in [2.05, 4.69) is 6.92 Å². The van der Waals surface area contributed by atoms with Crippen molar-refractivity contribution in [3.63, 3.8) is 0 Å². The van der Waals surface area contributed by atoms with Crippen LogP contribution in [0.4, 0.5) is 0 Å². The van der Waals surface area contributed by atoms with E-state index in [9.17, 15) is 35.4 Å². The van der Waals surface area contributed by atoms with Crippen LogP contribution in [0.3, 0.4) is 0 Å². The Labute approximate surface area is 323 Å². The third-order valence-corrected chi connectivity index (χ3v) is 16.0. The lowest BCUT2D eigenvalue weighted by Gasteiger charge is -2.65. The predicted octanol–water partition coefficient (Wildman–Crippen LogP) is 2.22. The molecule has 10 unspecified atom stereocenters. The zero-order valence-electron chi connectivity index (χ0n) is 32.9. The molecule has 0 radical (unpaired) electrons. The van der Waals surface area contributed by atoms with E-state index in [-0.39, 0.29) is 61.1 Å². The summed E-state index contributed by atoms with van der Waals surface area (Å²) in [6.45, 7) is 9.90. The Morgan fingerprint density at radius 2 is 1.29 bits per heavy atom.